The molecular weight excluding hydrogens is 256 g/mol. The van der Waals surface area contributed by atoms with E-state index in [1.54, 1.807) is 10.9 Å². The normalized spacial score (nSPS) is 12.6. The Hall–Kier alpha value is -2.57. The van der Waals surface area contributed by atoms with Gasteiger partial charge >= 0.3 is 0 Å². The summed E-state index contributed by atoms with van der Waals surface area (Å²) in [7, 11) is 0. The van der Waals surface area contributed by atoms with Gasteiger partial charge in [0.25, 0.3) is 5.89 Å². The van der Waals surface area contributed by atoms with Gasteiger partial charge in [0.1, 0.15) is 11.7 Å². The van der Waals surface area contributed by atoms with Crippen molar-refractivity contribution in [2.24, 2.45) is 0 Å². The molecule has 0 fully saturated rings. The van der Waals surface area contributed by atoms with Gasteiger partial charge in [-0.1, -0.05) is 5.16 Å². The summed E-state index contributed by atoms with van der Waals surface area (Å²) in [5, 5.41) is 16.2. The van der Waals surface area contributed by atoms with Crippen LogP contribution in [0.15, 0.2) is 29.0 Å². The minimum Gasteiger partial charge on any atom is -0.337 e. The Bertz CT molecular complexity index is 715. The van der Waals surface area contributed by atoms with E-state index < -0.39 is 0 Å². The van der Waals surface area contributed by atoms with Gasteiger partial charge in [-0.05, 0) is 38.5 Å². The molecule has 7 nitrogen and oxygen atoms in total. The molecule has 0 aliphatic rings. The molecule has 3 heterocycles. The van der Waals surface area contributed by atoms with E-state index >= 15 is 0 Å². The lowest BCUT2D eigenvalue weighted by molar-refractivity contribution is 0.336. The Kier molecular flexibility index (Phi) is 3.02. The second kappa shape index (κ2) is 4.84. The van der Waals surface area contributed by atoms with Crippen molar-refractivity contribution >= 4 is 0 Å². The molecule has 0 bridgehead atoms. The van der Waals surface area contributed by atoms with E-state index in [2.05, 4.69) is 25.4 Å². The average Bonchev–Trinajstić information content (AvgIpc) is 3.08. The van der Waals surface area contributed by atoms with Crippen LogP contribution >= 0.6 is 0 Å². The first-order valence-corrected chi connectivity index (χ1v) is 6.28. The van der Waals surface area contributed by atoms with Crippen molar-refractivity contribution in [3.05, 3.63) is 41.7 Å². The zero-order valence-electron chi connectivity index (χ0n) is 11.5. The van der Waals surface area contributed by atoms with Gasteiger partial charge in [0.15, 0.2) is 0 Å². The number of hydrogen-bond acceptors (Lipinski definition) is 6. The van der Waals surface area contributed by atoms with Crippen LogP contribution in [-0.2, 0) is 0 Å². The van der Waals surface area contributed by atoms with E-state index in [9.17, 15) is 0 Å². The third-order valence-electron chi connectivity index (χ3n) is 2.95. The summed E-state index contributed by atoms with van der Waals surface area (Å²) in [6.45, 7) is 5.81. The maximum absolute atomic E-state index is 5.29. The average molecular weight is 270 g/mol. The topological polar surface area (TPSA) is 82.5 Å². The Morgan fingerprint density at radius 2 is 2.05 bits per heavy atom. The minimum atomic E-state index is -0.122. The van der Waals surface area contributed by atoms with E-state index in [1.807, 2.05) is 39.1 Å². The van der Waals surface area contributed by atoms with Crippen LogP contribution in [0.25, 0.3) is 11.5 Å². The van der Waals surface area contributed by atoms with Crippen LogP contribution in [0.1, 0.15) is 30.1 Å². The van der Waals surface area contributed by atoms with Crippen molar-refractivity contribution in [1.29, 1.82) is 0 Å². The van der Waals surface area contributed by atoms with E-state index in [4.69, 9.17) is 4.52 Å². The molecule has 0 saturated carbocycles. The van der Waals surface area contributed by atoms with Gasteiger partial charge in [-0.2, -0.15) is 15.2 Å². The predicted octanol–water partition coefficient (Wildman–Crippen LogP) is 1.95. The van der Waals surface area contributed by atoms with Crippen LogP contribution in [0, 0.1) is 13.8 Å². The fourth-order valence-electron chi connectivity index (χ4n) is 1.79. The highest BCUT2D eigenvalue weighted by Gasteiger charge is 2.18. The molecule has 0 amide bonds. The summed E-state index contributed by atoms with van der Waals surface area (Å²) < 4.78 is 7.07. The quantitative estimate of drug-likeness (QED) is 0.723. The molecule has 1 unspecified atom stereocenters. The third kappa shape index (κ3) is 2.29. The minimum absolute atomic E-state index is 0.122. The number of nitrogens with zero attached hydrogens (tertiary/aromatic N) is 6. The number of aryl methyl sites for hydroxylation is 2. The van der Waals surface area contributed by atoms with Crippen molar-refractivity contribution in [2.75, 3.05) is 0 Å². The zero-order chi connectivity index (χ0) is 14.1. The van der Waals surface area contributed by atoms with Gasteiger partial charge in [0.2, 0.25) is 5.82 Å². The molecule has 0 N–H and O–H groups in total. The molecule has 3 aromatic heterocycles. The molecule has 0 aliphatic heterocycles. The molecule has 20 heavy (non-hydrogen) atoms. The fraction of sp³-hybridized carbons (Fsp3) is 0.308. The van der Waals surface area contributed by atoms with Gasteiger partial charge in [-0.15, -0.1) is 5.10 Å². The molecule has 0 radical (unpaired) electrons. The largest absolute Gasteiger partial charge is 0.337 e. The maximum atomic E-state index is 5.29. The Balaban J connectivity index is 1.88. The highest BCUT2D eigenvalue weighted by Crippen LogP contribution is 2.19. The van der Waals surface area contributed by atoms with Gasteiger partial charge in [0.05, 0.1) is 11.9 Å². The first-order valence-electron chi connectivity index (χ1n) is 6.28. The molecule has 0 aromatic carbocycles. The first-order chi connectivity index (χ1) is 9.63. The molecule has 0 saturated heterocycles. The second-order valence-electron chi connectivity index (χ2n) is 4.69. The smallest absolute Gasteiger partial charge is 0.251 e. The summed E-state index contributed by atoms with van der Waals surface area (Å²) in [5.74, 6) is 0.925. The van der Waals surface area contributed by atoms with Gasteiger partial charge in [0, 0.05) is 6.20 Å². The Morgan fingerprint density at radius 1 is 1.20 bits per heavy atom. The molecule has 0 aliphatic carbocycles. The monoisotopic (exact) mass is 270 g/mol. The van der Waals surface area contributed by atoms with Crippen LogP contribution in [0.3, 0.4) is 0 Å². The first kappa shape index (κ1) is 12.5. The second-order valence-corrected chi connectivity index (χ2v) is 4.69. The van der Waals surface area contributed by atoms with Crippen LogP contribution in [0.4, 0.5) is 0 Å². The van der Waals surface area contributed by atoms with Gasteiger partial charge in [-0.25, -0.2) is 0 Å². The molecule has 7 heteroatoms. The van der Waals surface area contributed by atoms with Crippen molar-refractivity contribution in [3.8, 4) is 11.5 Å². The van der Waals surface area contributed by atoms with Gasteiger partial charge < -0.3 is 4.52 Å². The van der Waals surface area contributed by atoms with Crippen molar-refractivity contribution in [1.82, 2.24) is 30.1 Å². The number of rotatable bonds is 3. The van der Waals surface area contributed by atoms with Crippen molar-refractivity contribution < 1.29 is 4.52 Å². The van der Waals surface area contributed by atoms with Gasteiger partial charge in [-0.3, -0.25) is 4.68 Å². The van der Waals surface area contributed by atoms with Crippen molar-refractivity contribution in [2.45, 2.75) is 26.8 Å². The van der Waals surface area contributed by atoms with Crippen LogP contribution < -0.4 is 0 Å². The fourth-order valence-corrected chi connectivity index (χ4v) is 1.79. The molecule has 1 atom stereocenters. The van der Waals surface area contributed by atoms with E-state index in [0.29, 0.717) is 17.4 Å². The maximum Gasteiger partial charge on any atom is 0.251 e. The lowest BCUT2D eigenvalue weighted by atomic mass is 10.3. The highest BCUT2D eigenvalue weighted by molar-refractivity contribution is 5.46. The van der Waals surface area contributed by atoms with Crippen LogP contribution in [0.5, 0.6) is 0 Å². The predicted molar refractivity (Wildman–Crippen MR) is 70.8 cm³/mol. The molecular formula is C13H14N6O. The summed E-state index contributed by atoms with van der Waals surface area (Å²) in [5.41, 5.74) is 2.52. The zero-order valence-corrected chi connectivity index (χ0v) is 11.5. The summed E-state index contributed by atoms with van der Waals surface area (Å²) in [6, 6.07) is 3.56. The van der Waals surface area contributed by atoms with E-state index in [-0.39, 0.29) is 6.04 Å². The molecule has 102 valence electrons. The summed E-state index contributed by atoms with van der Waals surface area (Å²) in [6.07, 6.45) is 3.72. The number of hydrogen-bond donors (Lipinski definition) is 0. The molecule has 0 spiro atoms. The lowest BCUT2D eigenvalue weighted by Gasteiger charge is -2.05. The molecule has 3 aromatic rings. The molecule has 3 rings (SSSR count). The number of aromatic nitrogens is 6. The summed E-state index contributed by atoms with van der Waals surface area (Å²) in [4.78, 5) is 4.35. The van der Waals surface area contributed by atoms with E-state index in [1.165, 1.54) is 0 Å². The Labute approximate surface area is 115 Å². The Morgan fingerprint density at radius 3 is 2.70 bits per heavy atom. The van der Waals surface area contributed by atoms with Crippen molar-refractivity contribution in [3.63, 3.8) is 0 Å². The SMILES string of the molecule is Cc1cnn(C(C)c2nc(-c3ccc(C)nn3)no2)c1. The highest BCUT2D eigenvalue weighted by atomic mass is 16.5. The summed E-state index contributed by atoms with van der Waals surface area (Å²) >= 11 is 0. The van der Waals surface area contributed by atoms with Crippen LogP contribution in [-0.4, -0.2) is 30.1 Å². The van der Waals surface area contributed by atoms with Crippen LogP contribution in [0.2, 0.25) is 0 Å². The standard InChI is InChI=1S/C13H14N6O/c1-8-6-14-19(7-8)10(3)13-15-12(18-20-13)11-5-4-9(2)16-17-11/h4-7,10H,1-3H3. The third-order valence-corrected chi connectivity index (χ3v) is 2.95. The van der Waals surface area contributed by atoms with E-state index in [0.717, 1.165) is 11.3 Å². The lowest BCUT2D eigenvalue weighted by Crippen LogP contribution is -2.07.